The van der Waals surface area contributed by atoms with Crippen molar-refractivity contribution in [1.82, 2.24) is 14.7 Å². The van der Waals surface area contributed by atoms with Crippen molar-refractivity contribution < 1.29 is 23.1 Å². The third-order valence-electron chi connectivity index (χ3n) is 6.14. The fraction of sp³-hybridized carbons (Fsp3) is 0.250. The van der Waals surface area contributed by atoms with E-state index in [1.165, 1.54) is 32.7 Å². The lowest BCUT2D eigenvalue weighted by Gasteiger charge is -2.33. The van der Waals surface area contributed by atoms with E-state index in [1.54, 1.807) is 31.4 Å². The lowest BCUT2D eigenvalue weighted by Crippen LogP contribution is -2.54. The van der Waals surface area contributed by atoms with Crippen LogP contribution < -0.4 is 9.64 Å². The second-order valence-corrected chi connectivity index (χ2v) is 8.17. The minimum Gasteiger partial charge on any atom is -0.489 e. The third-order valence-corrected chi connectivity index (χ3v) is 6.14. The Kier molecular flexibility index (Phi) is 5.24. The average Bonchev–Trinajstić information content (AvgIpc) is 3.21. The van der Waals surface area contributed by atoms with Crippen LogP contribution in [0.3, 0.4) is 0 Å². The molecule has 2 aromatic carbocycles. The number of nitriles is 1. The topological polar surface area (TPSA) is 91.5 Å². The predicted molar refractivity (Wildman–Crippen MR) is 116 cm³/mol. The molecule has 0 spiro atoms. The summed E-state index contributed by atoms with van der Waals surface area (Å²) >= 11 is 0. The lowest BCUT2D eigenvalue weighted by molar-refractivity contribution is -0.123. The highest BCUT2D eigenvalue weighted by molar-refractivity contribution is 6.03. The van der Waals surface area contributed by atoms with E-state index in [0.717, 1.165) is 0 Å². The summed E-state index contributed by atoms with van der Waals surface area (Å²) in [5.74, 6) is -1.77. The maximum Gasteiger partial charge on any atom is 0.275 e. The summed E-state index contributed by atoms with van der Waals surface area (Å²) in [5.41, 5.74) is 1.55. The second kappa shape index (κ2) is 8.26. The van der Waals surface area contributed by atoms with Gasteiger partial charge in [-0.05, 0) is 30.7 Å². The van der Waals surface area contributed by atoms with E-state index in [1.807, 2.05) is 6.07 Å². The van der Waals surface area contributed by atoms with Gasteiger partial charge in [-0.1, -0.05) is 6.07 Å². The zero-order chi connectivity index (χ0) is 24.0. The lowest BCUT2D eigenvalue weighted by atomic mass is 10.0. The fourth-order valence-electron chi connectivity index (χ4n) is 4.31. The second-order valence-electron chi connectivity index (χ2n) is 8.17. The summed E-state index contributed by atoms with van der Waals surface area (Å²) in [6.45, 7) is 0.0236. The van der Waals surface area contributed by atoms with Crippen molar-refractivity contribution in [3.63, 3.8) is 0 Å². The number of amides is 2. The first-order chi connectivity index (χ1) is 16.4. The van der Waals surface area contributed by atoms with E-state index in [-0.39, 0.29) is 36.9 Å². The van der Waals surface area contributed by atoms with Crippen LogP contribution in [0, 0.1) is 23.0 Å². The molecule has 10 heteroatoms. The molecule has 2 amide bonds. The fourth-order valence-corrected chi connectivity index (χ4v) is 4.31. The van der Waals surface area contributed by atoms with Crippen molar-refractivity contribution in [3.8, 4) is 11.8 Å². The van der Waals surface area contributed by atoms with Gasteiger partial charge in [0.1, 0.15) is 30.0 Å². The summed E-state index contributed by atoms with van der Waals surface area (Å²) in [6, 6.07) is 9.55. The molecule has 0 radical (unpaired) electrons. The zero-order valence-corrected chi connectivity index (χ0v) is 18.2. The quantitative estimate of drug-likeness (QED) is 0.595. The van der Waals surface area contributed by atoms with Crippen molar-refractivity contribution in [3.05, 3.63) is 76.6 Å². The first-order valence-electron chi connectivity index (χ1n) is 10.6. The Labute approximate surface area is 193 Å². The van der Waals surface area contributed by atoms with Gasteiger partial charge in [0, 0.05) is 37.0 Å². The van der Waals surface area contributed by atoms with Gasteiger partial charge in [0.25, 0.3) is 11.8 Å². The highest BCUT2D eigenvalue weighted by Gasteiger charge is 2.40. The molecule has 0 N–H and O–H groups in total. The number of benzene rings is 2. The number of hydrogen-bond donors (Lipinski definition) is 0. The van der Waals surface area contributed by atoms with Crippen LogP contribution in [0.5, 0.6) is 5.75 Å². The first-order valence-corrected chi connectivity index (χ1v) is 10.6. The van der Waals surface area contributed by atoms with Crippen LogP contribution in [-0.2, 0) is 17.8 Å². The van der Waals surface area contributed by atoms with E-state index >= 15 is 0 Å². The maximum absolute atomic E-state index is 14.0. The van der Waals surface area contributed by atoms with Gasteiger partial charge in [-0.3, -0.25) is 14.3 Å². The van der Waals surface area contributed by atoms with Crippen molar-refractivity contribution in [2.75, 3.05) is 25.1 Å². The number of halogens is 2. The number of ether oxygens (including phenoxy) is 1. The SMILES string of the molecule is CN1C(=O)[C@@H](N2CCc3cn(Cc4c(F)cccc4F)nc3C2=O)COc2cc(C#N)ccc21. The Balaban J connectivity index is 1.40. The largest absolute Gasteiger partial charge is 0.489 e. The van der Waals surface area contributed by atoms with Crippen molar-refractivity contribution in [1.29, 1.82) is 5.26 Å². The van der Waals surface area contributed by atoms with Gasteiger partial charge >= 0.3 is 0 Å². The Morgan fingerprint density at radius 2 is 1.97 bits per heavy atom. The molecule has 34 heavy (non-hydrogen) atoms. The van der Waals surface area contributed by atoms with Gasteiger partial charge in [-0.2, -0.15) is 10.4 Å². The summed E-state index contributed by atoms with van der Waals surface area (Å²) in [5, 5.41) is 13.4. The molecular formula is C24H19F2N5O3. The van der Waals surface area contributed by atoms with Gasteiger partial charge in [0.05, 0.1) is 23.9 Å². The normalized spacial score (nSPS) is 17.5. The molecule has 3 heterocycles. The number of hydrogen-bond acceptors (Lipinski definition) is 5. The third kappa shape index (κ3) is 3.55. The number of rotatable bonds is 3. The van der Waals surface area contributed by atoms with Gasteiger partial charge in [-0.15, -0.1) is 0 Å². The Morgan fingerprint density at radius 1 is 1.21 bits per heavy atom. The van der Waals surface area contributed by atoms with Crippen LogP contribution >= 0.6 is 0 Å². The van der Waals surface area contributed by atoms with Crippen LogP contribution in [0.2, 0.25) is 0 Å². The zero-order valence-electron chi connectivity index (χ0n) is 18.2. The molecule has 0 unspecified atom stereocenters. The molecule has 0 saturated carbocycles. The molecule has 2 aliphatic heterocycles. The van der Waals surface area contributed by atoms with Crippen molar-refractivity contribution >= 4 is 17.5 Å². The van der Waals surface area contributed by atoms with Crippen LogP contribution in [0.25, 0.3) is 0 Å². The maximum atomic E-state index is 14.0. The van der Waals surface area contributed by atoms with E-state index in [4.69, 9.17) is 10.00 Å². The molecule has 1 aromatic heterocycles. The molecule has 0 fully saturated rings. The van der Waals surface area contributed by atoms with Gasteiger partial charge < -0.3 is 14.5 Å². The summed E-state index contributed by atoms with van der Waals surface area (Å²) < 4.78 is 35.3. The highest BCUT2D eigenvalue weighted by atomic mass is 19.1. The smallest absolute Gasteiger partial charge is 0.275 e. The van der Waals surface area contributed by atoms with Crippen LogP contribution in [-0.4, -0.2) is 52.7 Å². The molecule has 0 bridgehead atoms. The van der Waals surface area contributed by atoms with E-state index in [9.17, 15) is 18.4 Å². The Morgan fingerprint density at radius 3 is 2.71 bits per heavy atom. The molecule has 1 atom stereocenters. The summed E-state index contributed by atoms with van der Waals surface area (Å²) in [7, 11) is 1.59. The molecule has 5 rings (SSSR count). The van der Waals surface area contributed by atoms with E-state index in [2.05, 4.69) is 5.10 Å². The molecule has 0 aliphatic carbocycles. The molecule has 2 aliphatic rings. The first kappa shape index (κ1) is 21.6. The predicted octanol–water partition coefficient (Wildman–Crippen LogP) is 2.50. The standard InChI is InChI=1S/C24H19F2N5O3/c1-29-19-6-5-14(10-27)9-21(19)34-13-20(23(29)32)31-8-7-15-11-30(28-22(15)24(31)33)12-16-17(25)3-2-4-18(16)26/h2-6,9,11,20H,7-8,12-13H2,1H3/t20-/m0/s1. The number of carbonyl (C=O) groups is 2. The van der Waals surface area contributed by atoms with Crippen molar-refractivity contribution in [2.24, 2.45) is 0 Å². The highest BCUT2D eigenvalue weighted by Crippen LogP contribution is 2.33. The Hall–Kier alpha value is -4.26. The number of likely N-dealkylation sites (N-methyl/N-ethyl adjacent to an activating group) is 1. The number of carbonyl (C=O) groups excluding carboxylic acids is 2. The van der Waals surface area contributed by atoms with Crippen LogP contribution in [0.4, 0.5) is 14.5 Å². The van der Waals surface area contributed by atoms with Gasteiger partial charge in [0.2, 0.25) is 0 Å². The number of fused-ring (bicyclic) bond motifs is 2. The van der Waals surface area contributed by atoms with Gasteiger partial charge in [-0.25, -0.2) is 8.78 Å². The minimum absolute atomic E-state index is 0.0761. The molecule has 0 saturated heterocycles. The monoisotopic (exact) mass is 463 g/mol. The molecular weight excluding hydrogens is 444 g/mol. The summed E-state index contributed by atoms with van der Waals surface area (Å²) in [4.78, 5) is 29.3. The van der Waals surface area contributed by atoms with Crippen LogP contribution in [0.15, 0.2) is 42.6 Å². The van der Waals surface area contributed by atoms with Gasteiger partial charge in [0.15, 0.2) is 5.69 Å². The molecule has 172 valence electrons. The number of anilines is 1. The minimum atomic E-state index is -0.891. The number of nitrogens with zero attached hydrogens (tertiary/aromatic N) is 5. The summed E-state index contributed by atoms with van der Waals surface area (Å²) in [6.07, 6.45) is 2.03. The van der Waals surface area contributed by atoms with E-state index < -0.39 is 23.6 Å². The number of aromatic nitrogens is 2. The van der Waals surface area contributed by atoms with E-state index in [0.29, 0.717) is 29.0 Å². The van der Waals surface area contributed by atoms with Crippen molar-refractivity contribution in [2.45, 2.75) is 19.0 Å². The Bertz CT molecular complexity index is 1340. The molecule has 8 nitrogen and oxygen atoms in total. The van der Waals surface area contributed by atoms with Crippen LogP contribution in [0.1, 0.15) is 27.2 Å². The average molecular weight is 463 g/mol. The molecule has 3 aromatic rings.